The number of aromatic carboxylic acids is 1. The summed E-state index contributed by atoms with van der Waals surface area (Å²) in [7, 11) is 1.54. The highest BCUT2D eigenvalue weighted by Gasteiger charge is 2.27. The van der Waals surface area contributed by atoms with E-state index in [-0.39, 0.29) is 23.5 Å². The minimum atomic E-state index is -1.02. The molecule has 1 heterocycles. The number of nitrogens with zero attached hydrogens (tertiary/aromatic N) is 1. The zero-order valence-electron chi connectivity index (χ0n) is 13.0. The van der Waals surface area contributed by atoms with E-state index in [1.165, 1.54) is 24.3 Å². The van der Waals surface area contributed by atoms with Crippen molar-refractivity contribution in [2.75, 3.05) is 20.1 Å². The van der Waals surface area contributed by atoms with Gasteiger partial charge >= 0.3 is 12.0 Å². The van der Waals surface area contributed by atoms with E-state index in [0.717, 1.165) is 19.3 Å². The largest absolute Gasteiger partial charge is 0.478 e. The third kappa shape index (κ3) is 4.21. The first-order chi connectivity index (χ1) is 11.0. The fraction of sp³-hybridized carbons (Fsp3) is 0.438. The van der Waals surface area contributed by atoms with Crippen LogP contribution in [0.1, 0.15) is 40.0 Å². The predicted octanol–water partition coefficient (Wildman–Crippen LogP) is 1.31. The maximum absolute atomic E-state index is 12.7. The van der Waals surface area contributed by atoms with Gasteiger partial charge in [0.05, 0.1) is 5.56 Å². The average Bonchev–Trinajstić information content (AvgIpc) is 2.59. The number of nitrogens with one attached hydrogen (secondary N) is 2. The van der Waals surface area contributed by atoms with Gasteiger partial charge in [-0.3, -0.25) is 4.79 Å². The molecule has 3 amide bonds. The van der Waals surface area contributed by atoms with E-state index in [2.05, 4.69) is 10.6 Å². The summed E-state index contributed by atoms with van der Waals surface area (Å²) in [5.74, 6) is -1.15. The number of urea groups is 1. The predicted molar refractivity (Wildman–Crippen MR) is 84.5 cm³/mol. The van der Waals surface area contributed by atoms with Crippen LogP contribution in [0.2, 0.25) is 0 Å². The lowest BCUT2D eigenvalue weighted by atomic mass is 10.0. The smallest absolute Gasteiger partial charge is 0.335 e. The molecule has 0 radical (unpaired) electrons. The van der Waals surface area contributed by atoms with Crippen molar-refractivity contribution in [1.29, 1.82) is 0 Å². The zero-order valence-corrected chi connectivity index (χ0v) is 13.0. The Labute approximate surface area is 134 Å². The van der Waals surface area contributed by atoms with Crippen LogP contribution in [-0.2, 0) is 0 Å². The van der Waals surface area contributed by atoms with Crippen LogP contribution in [0.15, 0.2) is 24.3 Å². The van der Waals surface area contributed by atoms with E-state index < -0.39 is 5.97 Å². The molecule has 7 heteroatoms. The molecule has 0 bridgehead atoms. The summed E-state index contributed by atoms with van der Waals surface area (Å²) in [6.07, 6.45) is 2.78. The second-order valence-electron chi connectivity index (χ2n) is 5.49. The van der Waals surface area contributed by atoms with E-state index in [9.17, 15) is 14.4 Å². The summed E-state index contributed by atoms with van der Waals surface area (Å²) >= 11 is 0. The Morgan fingerprint density at radius 3 is 2.43 bits per heavy atom. The number of amides is 3. The lowest BCUT2D eigenvalue weighted by Crippen LogP contribution is -2.50. The molecule has 0 saturated carbocycles. The number of piperidine rings is 1. The van der Waals surface area contributed by atoms with Crippen molar-refractivity contribution in [1.82, 2.24) is 15.5 Å². The van der Waals surface area contributed by atoms with Crippen LogP contribution in [0.3, 0.4) is 0 Å². The van der Waals surface area contributed by atoms with Crippen LogP contribution in [0, 0.1) is 0 Å². The number of hydrogen-bond acceptors (Lipinski definition) is 3. The van der Waals surface area contributed by atoms with Crippen molar-refractivity contribution in [2.24, 2.45) is 0 Å². The third-order valence-corrected chi connectivity index (χ3v) is 3.99. The van der Waals surface area contributed by atoms with Crippen LogP contribution < -0.4 is 10.6 Å². The van der Waals surface area contributed by atoms with Gasteiger partial charge in [-0.05, 0) is 43.5 Å². The van der Waals surface area contributed by atoms with Gasteiger partial charge in [-0.1, -0.05) is 0 Å². The molecule has 7 nitrogen and oxygen atoms in total. The van der Waals surface area contributed by atoms with E-state index in [1.54, 1.807) is 11.9 Å². The van der Waals surface area contributed by atoms with Gasteiger partial charge in [-0.25, -0.2) is 9.59 Å². The first-order valence-electron chi connectivity index (χ1n) is 7.63. The van der Waals surface area contributed by atoms with Crippen LogP contribution in [0.25, 0.3) is 0 Å². The number of carbonyl (C=O) groups is 3. The molecule has 2 rings (SSSR count). The molecule has 1 fully saturated rings. The Balaban J connectivity index is 2.07. The third-order valence-electron chi connectivity index (χ3n) is 3.99. The highest BCUT2D eigenvalue weighted by atomic mass is 16.4. The summed E-state index contributed by atoms with van der Waals surface area (Å²) in [4.78, 5) is 36.6. The van der Waals surface area contributed by atoms with Gasteiger partial charge < -0.3 is 20.6 Å². The van der Waals surface area contributed by atoms with Crippen LogP contribution in [0.4, 0.5) is 4.79 Å². The molecule has 23 heavy (non-hydrogen) atoms. The molecule has 3 N–H and O–H groups in total. The Bertz CT molecular complexity index is 585. The van der Waals surface area contributed by atoms with Gasteiger partial charge in [-0.2, -0.15) is 0 Å². The van der Waals surface area contributed by atoms with Gasteiger partial charge in [-0.15, -0.1) is 0 Å². The maximum Gasteiger partial charge on any atom is 0.335 e. The molecule has 0 spiro atoms. The molecule has 1 unspecified atom stereocenters. The van der Waals surface area contributed by atoms with Crippen LogP contribution >= 0.6 is 0 Å². The highest BCUT2D eigenvalue weighted by Crippen LogP contribution is 2.19. The SMILES string of the molecule is CNC(=O)NCC1CCCCN1C(=O)c1ccc(C(=O)O)cc1. The topological polar surface area (TPSA) is 98.7 Å². The minimum Gasteiger partial charge on any atom is -0.478 e. The van der Waals surface area contributed by atoms with E-state index in [1.807, 2.05) is 0 Å². The molecular weight excluding hydrogens is 298 g/mol. The number of carboxylic acids is 1. The fourth-order valence-corrected chi connectivity index (χ4v) is 2.70. The zero-order chi connectivity index (χ0) is 16.8. The number of likely N-dealkylation sites (tertiary alicyclic amines) is 1. The van der Waals surface area contributed by atoms with Gasteiger partial charge in [0, 0.05) is 31.7 Å². The minimum absolute atomic E-state index is 0.0484. The Morgan fingerprint density at radius 1 is 1.17 bits per heavy atom. The Morgan fingerprint density at radius 2 is 1.83 bits per heavy atom. The Kier molecular flexibility index (Phi) is 5.56. The number of hydrogen-bond donors (Lipinski definition) is 3. The summed E-state index contributed by atoms with van der Waals surface area (Å²) in [6, 6.07) is 5.60. The number of rotatable bonds is 4. The first-order valence-corrected chi connectivity index (χ1v) is 7.63. The number of carboxylic acid groups (broad SMARTS) is 1. The summed E-state index contributed by atoms with van der Waals surface area (Å²) in [5, 5.41) is 14.1. The molecular formula is C16H21N3O4. The number of carbonyl (C=O) groups excluding carboxylic acids is 2. The van der Waals surface area contributed by atoms with Crippen molar-refractivity contribution < 1.29 is 19.5 Å². The summed E-state index contributed by atoms with van der Waals surface area (Å²) < 4.78 is 0. The maximum atomic E-state index is 12.7. The molecule has 0 aliphatic carbocycles. The van der Waals surface area contributed by atoms with Crippen molar-refractivity contribution in [3.05, 3.63) is 35.4 Å². The molecule has 1 atom stereocenters. The normalized spacial score (nSPS) is 17.4. The van der Waals surface area contributed by atoms with Crippen molar-refractivity contribution in [3.8, 4) is 0 Å². The van der Waals surface area contributed by atoms with Crippen molar-refractivity contribution in [2.45, 2.75) is 25.3 Å². The molecule has 1 saturated heterocycles. The van der Waals surface area contributed by atoms with E-state index >= 15 is 0 Å². The van der Waals surface area contributed by atoms with E-state index in [4.69, 9.17) is 5.11 Å². The van der Waals surface area contributed by atoms with Gasteiger partial charge in [0.25, 0.3) is 5.91 Å². The molecule has 124 valence electrons. The van der Waals surface area contributed by atoms with Crippen molar-refractivity contribution in [3.63, 3.8) is 0 Å². The highest BCUT2D eigenvalue weighted by molar-refractivity contribution is 5.96. The van der Waals surface area contributed by atoms with Gasteiger partial charge in [0.2, 0.25) is 0 Å². The summed E-state index contributed by atoms with van der Waals surface area (Å²) in [6.45, 7) is 1.04. The standard InChI is InChI=1S/C16H21N3O4/c1-17-16(23)18-10-13-4-2-3-9-19(13)14(20)11-5-7-12(8-6-11)15(21)22/h5-8,13H,2-4,9-10H2,1H3,(H,21,22)(H2,17,18,23). The van der Waals surface area contributed by atoms with Gasteiger partial charge in [0.1, 0.15) is 0 Å². The summed E-state index contributed by atoms with van der Waals surface area (Å²) in [5.41, 5.74) is 0.611. The van der Waals surface area contributed by atoms with Crippen molar-refractivity contribution >= 4 is 17.9 Å². The lowest BCUT2D eigenvalue weighted by molar-refractivity contribution is 0.0612. The average molecular weight is 319 g/mol. The van der Waals surface area contributed by atoms with Gasteiger partial charge in [0.15, 0.2) is 0 Å². The van der Waals surface area contributed by atoms with E-state index in [0.29, 0.717) is 18.7 Å². The molecule has 1 aromatic rings. The first kappa shape index (κ1) is 16.8. The molecule has 0 aromatic heterocycles. The number of benzene rings is 1. The van der Waals surface area contributed by atoms with Crippen LogP contribution in [0.5, 0.6) is 0 Å². The lowest BCUT2D eigenvalue weighted by Gasteiger charge is -2.36. The quantitative estimate of drug-likeness (QED) is 0.779. The molecule has 1 aliphatic heterocycles. The fourth-order valence-electron chi connectivity index (χ4n) is 2.70. The van der Waals surface area contributed by atoms with Crippen LogP contribution in [-0.4, -0.2) is 54.1 Å². The molecule has 1 aromatic carbocycles. The monoisotopic (exact) mass is 319 g/mol. The second-order valence-corrected chi connectivity index (χ2v) is 5.49. The second kappa shape index (κ2) is 7.62. The molecule has 1 aliphatic rings. The Hall–Kier alpha value is -2.57.